The Hall–Kier alpha value is -1.68. The summed E-state index contributed by atoms with van der Waals surface area (Å²) in [5.74, 6) is -1.20. The van der Waals surface area contributed by atoms with Crippen molar-refractivity contribution in [3.63, 3.8) is 0 Å². The fourth-order valence-corrected chi connectivity index (χ4v) is 1.57. The zero-order valence-corrected chi connectivity index (χ0v) is 9.50. The van der Waals surface area contributed by atoms with E-state index in [4.69, 9.17) is 5.11 Å². The highest BCUT2D eigenvalue weighted by molar-refractivity contribution is 5.82. The van der Waals surface area contributed by atoms with Crippen LogP contribution in [0, 0.1) is 0 Å². The van der Waals surface area contributed by atoms with E-state index in [2.05, 4.69) is 0 Å². The van der Waals surface area contributed by atoms with Crippen molar-refractivity contribution in [2.24, 2.45) is 0 Å². The van der Waals surface area contributed by atoms with Crippen molar-refractivity contribution in [2.75, 3.05) is 0 Å². The lowest BCUT2D eigenvalue weighted by atomic mass is 10.0. The van der Waals surface area contributed by atoms with Crippen LogP contribution < -0.4 is 0 Å². The first kappa shape index (κ1) is 13.4. The maximum absolute atomic E-state index is 11.3. The lowest BCUT2D eigenvalue weighted by molar-refractivity contribution is -0.138. The number of hydrogen-bond donors (Lipinski definition) is 2. The van der Waals surface area contributed by atoms with Crippen molar-refractivity contribution in [3.05, 3.63) is 35.9 Å². The molecule has 0 aliphatic heterocycles. The van der Waals surface area contributed by atoms with E-state index in [1.165, 1.54) is 0 Å². The first-order valence-corrected chi connectivity index (χ1v) is 5.53. The van der Waals surface area contributed by atoms with Gasteiger partial charge in [0, 0.05) is 12.8 Å². The van der Waals surface area contributed by atoms with Gasteiger partial charge in [0.25, 0.3) is 0 Å². The Morgan fingerprint density at radius 1 is 1.12 bits per heavy atom. The first-order valence-electron chi connectivity index (χ1n) is 5.53. The van der Waals surface area contributed by atoms with Gasteiger partial charge >= 0.3 is 5.97 Å². The van der Waals surface area contributed by atoms with E-state index in [1.807, 2.05) is 30.3 Å². The van der Waals surface area contributed by atoms with Crippen molar-refractivity contribution in [1.29, 1.82) is 0 Å². The first-order chi connectivity index (χ1) is 8.08. The normalized spacial score (nSPS) is 12.1. The number of aliphatic hydroxyl groups is 1. The molecule has 1 aromatic rings. The van der Waals surface area contributed by atoms with Crippen molar-refractivity contribution in [1.82, 2.24) is 0 Å². The lowest BCUT2D eigenvalue weighted by Crippen LogP contribution is -2.16. The van der Waals surface area contributed by atoms with E-state index in [-0.39, 0.29) is 25.0 Å². The molecule has 0 aliphatic rings. The molecule has 17 heavy (non-hydrogen) atoms. The number of carbonyl (C=O) groups excluding carboxylic acids is 1. The quantitative estimate of drug-likeness (QED) is 0.750. The molecule has 0 amide bonds. The number of benzene rings is 1. The molecule has 1 atom stereocenters. The number of carbonyl (C=O) groups is 2. The number of ketones is 1. The van der Waals surface area contributed by atoms with Crippen molar-refractivity contribution in [2.45, 2.75) is 31.8 Å². The number of hydrogen-bond acceptors (Lipinski definition) is 3. The number of aliphatic carboxylic acids is 1. The van der Waals surface area contributed by atoms with Gasteiger partial charge in [0.15, 0.2) is 0 Å². The zero-order valence-electron chi connectivity index (χ0n) is 9.50. The third kappa shape index (κ3) is 5.82. The van der Waals surface area contributed by atoms with Gasteiger partial charge in [-0.3, -0.25) is 9.59 Å². The third-order valence-electron chi connectivity index (χ3n) is 2.40. The molecule has 1 rings (SSSR count). The van der Waals surface area contributed by atoms with Gasteiger partial charge in [-0.15, -0.1) is 0 Å². The Balaban J connectivity index is 2.32. The second kappa shape index (κ2) is 6.81. The molecule has 0 aliphatic carbocycles. The van der Waals surface area contributed by atoms with Crippen molar-refractivity contribution < 1.29 is 19.8 Å². The summed E-state index contributed by atoms with van der Waals surface area (Å²) in [4.78, 5) is 21.6. The summed E-state index contributed by atoms with van der Waals surface area (Å²) >= 11 is 0. The van der Waals surface area contributed by atoms with E-state index < -0.39 is 12.1 Å². The zero-order chi connectivity index (χ0) is 12.7. The highest BCUT2D eigenvalue weighted by Gasteiger charge is 2.12. The molecular formula is C13H16O4. The standard InChI is InChI=1S/C13H16O4/c14-11(6-7-13(16)17)9-12(15)8-10-4-2-1-3-5-10/h1-5,12,15H,6-9H2,(H,16,17). The van der Waals surface area contributed by atoms with Crippen molar-refractivity contribution >= 4 is 11.8 Å². The highest BCUT2D eigenvalue weighted by atomic mass is 16.4. The number of rotatable bonds is 7. The molecule has 2 N–H and O–H groups in total. The Morgan fingerprint density at radius 2 is 1.76 bits per heavy atom. The molecule has 92 valence electrons. The van der Waals surface area contributed by atoms with Crippen LogP contribution in [0.25, 0.3) is 0 Å². The predicted molar refractivity (Wildman–Crippen MR) is 62.6 cm³/mol. The minimum atomic E-state index is -0.990. The monoisotopic (exact) mass is 236 g/mol. The van der Waals surface area contributed by atoms with Crippen LogP contribution in [-0.2, 0) is 16.0 Å². The number of carboxylic acids is 1. The predicted octanol–water partition coefficient (Wildman–Crippen LogP) is 1.41. The molecule has 0 spiro atoms. The van der Waals surface area contributed by atoms with Crippen LogP contribution in [0.3, 0.4) is 0 Å². The molecule has 0 fully saturated rings. The molecule has 0 saturated carbocycles. The summed E-state index contributed by atoms with van der Waals surface area (Å²) in [6, 6.07) is 9.38. The fraction of sp³-hybridized carbons (Fsp3) is 0.385. The van der Waals surface area contributed by atoms with Crippen LogP contribution in [0.4, 0.5) is 0 Å². The van der Waals surface area contributed by atoms with E-state index in [0.717, 1.165) is 5.56 Å². The van der Waals surface area contributed by atoms with Gasteiger partial charge < -0.3 is 10.2 Å². The summed E-state index contributed by atoms with van der Waals surface area (Å²) in [6.45, 7) is 0. The van der Waals surface area contributed by atoms with Gasteiger partial charge in [0.1, 0.15) is 5.78 Å². The van der Waals surface area contributed by atoms with Gasteiger partial charge in [-0.1, -0.05) is 30.3 Å². The van der Waals surface area contributed by atoms with E-state index in [0.29, 0.717) is 6.42 Å². The van der Waals surface area contributed by atoms with Gasteiger partial charge in [0.2, 0.25) is 0 Å². The average molecular weight is 236 g/mol. The summed E-state index contributed by atoms with van der Waals surface area (Å²) in [7, 11) is 0. The fourth-order valence-electron chi connectivity index (χ4n) is 1.57. The van der Waals surface area contributed by atoms with E-state index in [1.54, 1.807) is 0 Å². The van der Waals surface area contributed by atoms with Gasteiger partial charge in [-0.05, 0) is 12.0 Å². The summed E-state index contributed by atoms with van der Waals surface area (Å²) < 4.78 is 0. The molecule has 4 heteroatoms. The Bertz CT molecular complexity index is 372. The molecular weight excluding hydrogens is 220 g/mol. The van der Waals surface area contributed by atoms with E-state index >= 15 is 0 Å². The Morgan fingerprint density at radius 3 is 2.35 bits per heavy atom. The highest BCUT2D eigenvalue weighted by Crippen LogP contribution is 2.07. The summed E-state index contributed by atoms with van der Waals surface area (Å²) in [5, 5.41) is 18.1. The van der Waals surface area contributed by atoms with Crippen molar-refractivity contribution in [3.8, 4) is 0 Å². The molecule has 4 nitrogen and oxygen atoms in total. The molecule has 1 unspecified atom stereocenters. The maximum Gasteiger partial charge on any atom is 0.303 e. The second-order valence-electron chi connectivity index (χ2n) is 3.98. The molecule has 0 bridgehead atoms. The largest absolute Gasteiger partial charge is 0.481 e. The number of Topliss-reactive ketones (excluding diaryl/α,β-unsaturated/α-hetero) is 1. The molecule has 0 heterocycles. The van der Waals surface area contributed by atoms with Crippen LogP contribution in [0.5, 0.6) is 0 Å². The van der Waals surface area contributed by atoms with Crippen LogP contribution in [0.2, 0.25) is 0 Å². The summed E-state index contributed by atoms with van der Waals surface area (Å²) in [6.07, 6.45) is -0.487. The summed E-state index contributed by atoms with van der Waals surface area (Å²) in [5.41, 5.74) is 0.964. The Kier molecular flexibility index (Phi) is 5.36. The SMILES string of the molecule is O=C(O)CCC(=O)CC(O)Cc1ccccc1. The minimum Gasteiger partial charge on any atom is -0.481 e. The second-order valence-corrected chi connectivity index (χ2v) is 3.98. The number of carboxylic acid groups (broad SMARTS) is 1. The van der Waals surface area contributed by atoms with Gasteiger partial charge in [0.05, 0.1) is 12.5 Å². The molecule has 1 aromatic carbocycles. The van der Waals surface area contributed by atoms with Crippen LogP contribution in [-0.4, -0.2) is 28.1 Å². The lowest BCUT2D eigenvalue weighted by Gasteiger charge is -2.09. The number of aliphatic hydroxyl groups excluding tert-OH is 1. The van der Waals surface area contributed by atoms with Gasteiger partial charge in [-0.25, -0.2) is 0 Å². The van der Waals surface area contributed by atoms with Gasteiger partial charge in [-0.2, -0.15) is 0 Å². The minimum absolute atomic E-state index is 0.0127. The molecule has 0 saturated heterocycles. The average Bonchev–Trinajstić information content (AvgIpc) is 2.27. The third-order valence-corrected chi connectivity index (χ3v) is 2.40. The van der Waals surface area contributed by atoms with Crippen LogP contribution in [0.15, 0.2) is 30.3 Å². The molecule has 0 aromatic heterocycles. The topological polar surface area (TPSA) is 74.6 Å². The van der Waals surface area contributed by atoms with Crippen LogP contribution in [0.1, 0.15) is 24.8 Å². The smallest absolute Gasteiger partial charge is 0.303 e. The molecule has 0 radical (unpaired) electrons. The Labute approximate surface area is 99.9 Å². The van der Waals surface area contributed by atoms with E-state index in [9.17, 15) is 14.7 Å². The maximum atomic E-state index is 11.3. The van der Waals surface area contributed by atoms with Crippen LogP contribution >= 0.6 is 0 Å².